The molecule has 2 saturated heterocycles. The summed E-state index contributed by atoms with van der Waals surface area (Å²) in [6, 6.07) is -6.20. The highest BCUT2D eigenvalue weighted by atomic mass is 33.1. The highest BCUT2D eigenvalue weighted by molar-refractivity contribution is 8.77. The van der Waals surface area contributed by atoms with Gasteiger partial charge < -0.3 is 53.4 Å². The van der Waals surface area contributed by atoms with Gasteiger partial charge in [-0.05, 0) is 39.5 Å². The standard InChI is InChI=1S/C28H46N10O9S2/c1-14(39)34-16-13-48-49-28(2,3)21(22(29)43)36-23(44)15(11-20(41)42)35-19(40)12-33-24(45)17(7-5-9-32-27(30)31)37(4)26(47)18-8-6-10-38(18)25(16)46/h15-18,21H,5-13H2,1-4H3,(H2,29,43)(H,33,45)(H,34,39)(H,35,40)(H,36,44)(H,41,42)(H4,30,31,32)/t15-,16-,17-,18+,21+/m1/s1. The molecule has 0 aromatic carbocycles. The van der Waals surface area contributed by atoms with E-state index in [1.165, 1.54) is 23.8 Å². The predicted octanol–water partition coefficient (Wildman–Crippen LogP) is -3.42. The fourth-order valence-electron chi connectivity index (χ4n) is 5.34. The Morgan fingerprint density at radius 1 is 1.06 bits per heavy atom. The number of likely N-dealkylation sites (N-methyl/N-ethyl adjacent to an activating group) is 1. The molecule has 0 radical (unpaired) electrons. The SMILES string of the molecule is CC(=O)N[C@@H]1CSSC(C)(C)[C@H](C(N)=O)NC(=O)[C@@H](CC(=O)O)NC(=O)CNC(=O)[C@@H](CCCN=C(N)N)N(C)C(=O)[C@@H]2CCCN2C1=O. The van der Waals surface area contributed by atoms with Crippen LogP contribution in [0.25, 0.3) is 0 Å². The van der Waals surface area contributed by atoms with Crippen LogP contribution in [-0.4, -0.2) is 136 Å². The maximum Gasteiger partial charge on any atom is 0.305 e. The average molecular weight is 731 g/mol. The molecule has 0 aromatic rings. The summed E-state index contributed by atoms with van der Waals surface area (Å²) in [7, 11) is 3.57. The van der Waals surface area contributed by atoms with E-state index < -0.39 is 95.2 Å². The Kier molecular flexibility index (Phi) is 15.4. The number of guanidine groups is 1. The molecule has 49 heavy (non-hydrogen) atoms. The van der Waals surface area contributed by atoms with Crippen LogP contribution in [0.5, 0.6) is 0 Å². The van der Waals surface area contributed by atoms with Crippen molar-refractivity contribution in [3.63, 3.8) is 0 Å². The number of carboxylic acids is 1. The number of fused-ring (bicyclic) bond motifs is 1. The van der Waals surface area contributed by atoms with Crippen LogP contribution in [0.15, 0.2) is 4.99 Å². The smallest absolute Gasteiger partial charge is 0.305 e. The largest absolute Gasteiger partial charge is 0.481 e. The van der Waals surface area contributed by atoms with Crippen LogP contribution < -0.4 is 38.5 Å². The Morgan fingerprint density at radius 2 is 1.73 bits per heavy atom. The van der Waals surface area contributed by atoms with Crippen LogP contribution in [0.1, 0.15) is 52.9 Å². The summed E-state index contributed by atoms with van der Waals surface area (Å²) in [6.45, 7) is 4.06. The number of primary amides is 1. The number of carbonyl (C=O) groups is 8. The second-order valence-electron chi connectivity index (χ2n) is 12.1. The minimum atomic E-state index is -1.66. The van der Waals surface area contributed by atoms with Gasteiger partial charge in [0.05, 0.1) is 13.0 Å². The van der Waals surface area contributed by atoms with Crippen molar-refractivity contribution in [3.05, 3.63) is 0 Å². The van der Waals surface area contributed by atoms with Crippen LogP contribution in [0, 0.1) is 0 Å². The summed E-state index contributed by atoms with van der Waals surface area (Å²) in [5, 5.41) is 19.1. The van der Waals surface area contributed by atoms with Crippen LogP contribution in [-0.2, 0) is 38.4 Å². The molecule has 2 aliphatic heterocycles. The summed E-state index contributed by atoms with van der Waals surface area (Å²) < 4.78 is -1.15. The predicted molar refractivity (Wildman–Crippen MR) is 181 cm³/mol. The summed E-state index contributed by atoms with van der Waals surface area (Å²) >= 11 is 0. The van der Waals surface area contributed by atoms with Crippen molar-refractivity contribution >= 4 is 74.9 Å². The molecule has 11 N–H and O–H groups in total. The molecule has 274 valence electrons. The molecule has 0 bridgehead atoms. The molecule has 21 heteroatoms. The first kappa shape index (κ1) is 40.9. The van der Waals surface area contributed by atoms with Gasteiger partial charge in [-0.2, -0.15) is 0 Å². The minimum absolute atomic E-state index is 0.00723. The Morgan fingerprint density at radius 3 is 2.33 bits per heavy atom. The van der Waals surface area contributed by atoms with Crippen molar-refractivity contribution in [1.82, 2.24) is 31.1 Å². The Bertz CT molecular complexity index is 1330. The lowest BCUT2D eigenvalue weighted by Gasteiger charge is -2.35. The molecular formula is C28H46N10O9S2. The molecule has 0 unspecified atom stereocenters. The van der Waals surface area contributed by atoms with Crippen molar-refractivity contribution in [2.75, 3.05) is 32.4 Å². The monoisotopic (exact) mass is 730 g/mol. The lowest BCUT2D eigenvalue weighted by molar-refractivity contribution is -0.148. The number of carboxylic acid groups (broad SMARTS) is 1. The van der Waals surface area contributed by atoms with Crippen LogP contribution in [0.2, 0.25) is 0 Å². The van der Waals surface area contributed by atoms with Gasteiger partial charge >= 0.3 is 5.97 Å². The van der Waals surface area contributed by atoms with E-state index >= 15 is 0 Å². The third-order valence-electron chi connectivity index (χ3n) is 7.77. The first-order valence-corrected chi connectivity index (χ1v) is 17.8. The molecule has 0 aromatic heterocycles. The normalized spacial score (nSPS) is 26.0. The van der Waals surface area contributed by atoms with Gasteiger partial charge in [-0.25, -0.2) is 0 Å². The average Bonchev–Trinajstić information content (AvgIpc) is 3.49. The van der Waals surface area contributed by atoms with E-state index in [9.17, 15) is 43.5 Å². The Labute approximate surface area is 291 Å². The summed E-state index contributed by atoms with van der Waals surface area (Å²) in [4.78, 5) is 110. The van der Waals surface area contributed by atoms with Gasteiger partial charge in [0.1, 0.15) is 30.2 Å². The third-order valence-corrected chi connectivity index (χ3v) is 11.1. The maximum absolute atomic E-state index is 13.9. The van der Waals surface area contributed by atoms with E-state index in [0.717, 1.165) is 21.6 Å². The summed E-state index contributed by atoms with van der Waals surface area (Å²) in [6.07, 6.45) is 0.236. The first-order valence-electron chi connectivity index (χ1n) is 15.4. The van der Waals surface area contributed by atoms with Gasteiger partial charge in [0, 0.05) is 37.6 Å². The van der Waals surface area contributed by atoms with Crippen molar-refractivity contribution in [2.45, 2.75) is 87.8 Å². The van der Waals surface area contributed by atoms with Crippen molar-refractivity contribution < 1.29 is 43.5 Å². The Hall–Kier alpha value is -4.27. The molecule has 0 spiro atoms. The quantitative estimate of drug-likeness (QED) is 0.0523. The molecule has 0 saturated carbocycles. The van der Waals surface area contributed by atoms with E-state index in [1.54, 1.807) is 13.8 Å². The molecule has 19 nitrogen and oxygen atoms in total. The van der Waals surface area contributed by atoms with E-state index in [-0.39, 0.29) is 37.6 Å². The van der Waals surface area contributed by atoms with E-state index in [1.807, 2.05) is 0 Å². The van der Waals surface area contributed by atoms with Crippen molar-refractivity contribution in [2.24, 2.45) is 22.2 Å². The van der Waals surface area contributed by atoms with Gasteiger partial charge in [0.15, 0.2) is 5.96 Å². The van der Waals surface area contributed by atoms with Crippen LogP contribution >= 0.6 is 21.6 Å². The van der Waals surface area contributed by atoms with Gasteiger partial charge in [-0.3, -0.25) is 43.3 Å². The number of hydrogen-bond donors (Lipinski definition) is 8. The fourth-order valence-corrected chi connectivity index (χ4v) is 8.15. The fraction of sp³-hybridized carbons (Fsp3) is 0.679. The van der Waals surface area contributed by atoms with Gasteiger partial charge in [-0.1, -0.05) is 21.6 Å². The zero-order valence-corrected chi connectivity index (χ0v) is 29.5. The van der Waals surface area contributed by atoms with Crippen LogP contribution in [0.3, 0.4) is 0 Å². The molecule has 2 heterocycles. The van der Waals surface area contributed by atoms with E-state index in [2.05, 4.69) is 26.3 Å². The van der Waals surface area contributed by atoms with Crippen molar-refractivity contribution in [3.8, 4) is 0 Å². The molecule has 7 amide bonds. The number of aliphatic carboxylic acids is 1. The Balaban J connectivity index is 2.53. The molecular weight excluding hydrogens is 685 g/mol. The number of amides is 7. The third kappa shape index (κ3) is 12.3. The number of hydrogen-bond acceptors (Lipinski definition) is 11. The van der Waals surface area contributed by atoms with E-state index in [4.69, 9.17) is 17.2 Å². The minimum Gasteiger partial charge on any atom is -0.481 e. The number of nitrogens with two attached hydrogens (primary N) is 3. The number of carbonyl (C=O) groups excluding carboxylic acids is 7. The lowest BCUT2D eigenvalue weighted by atomic mass is 10.0. The molecule has 2 aliphatic rings. The molecule has 5 atom stereocenters. The van der Waals surface area contributed by atoms with Gasteiger partial charge in [-0.15, -0.1) is 0 Å². The summed E-state index contributed by atoms with van der Waals surface area (Å²) in [5.74, 6) is -6.82. The van der Waals surface area contributed by atoms with Gasteiger partial charge in [0.2, 0.25) is 41.4 Å². The maximum atomic E-state index is 13.9. The first-order chi connectivity index (χ1) is 22.8. The lowest BCUT2D eigenvalue weighted by Crippen LogP contribution is -2.60. The highest BCUT2D eigenvalue weighted by Gasteiger charge is 2.42. The van der Waals surface area contributed by atoms with E-state index in [0.29, 0.717) is 12.8 Å². The molecule has 0 aliphatic carbocycles. The number of nitrogens with one attached hydrogen (secondary N) is 4. The number of rotatable bonds is 8. The van der Waals surface area contributed by atoms with Gasteiger partial charge in [0.25, 0.3) is 0 Å². The zero-order chi connectivity index (χ0) is 37.1. The molecule has 2 rings (SSSR count). The molecule has 2 fully saturated rings. The second kappa shape index (κ2) is 18.5. The summed E-state index contributed by atoms with van der Waals surface area (Å²) in [5.41, 5.74) is 16.4. The number of nitrogens with zero attached hydrogens (tertiary/aromatic N) is 3. The topological polar surface area (TPSA) is 302 Å². The van der Waals surface area contributed by atoms with Crippen LogP contribution in [0.4, 0.5) is 0 Å². The zero-order valence-electron chi connectivity index (χ0n) is 27.9. The highest BCUT2D eigenvalue weighted by Crippen LogP contribution is 2.39. The van der Waals surface area contributed by atoms with Crippen molar-refractivity contribution in [1.29, 1.82) is 0 Å². The second-order valence-corrected chi connectivity index (χ2v) is 15.1. The number of aliphatic imine (C=N–C) groups is 1.